The third-order valence-corrected chi connectivity index (χ3v) is 5.24. The van der Waals surface area contributed by atoms with Gasteiger partial charge in [-0.25, -0.2) is 12.8 Å². The van der Waals surface area contributed by atoms with Crippen LogP contribution in [-0.2, 0) is 20.2 Å². The molecule has 0 spiro atoms. The van der Waals surface area contributed by atoms with Crippen LogP contribution in [0.2, 0.25) is 0 Å². The molecule has 0 aliphatic rings. The van der Waals surface area contributed by atoms with Gasteiger partial charge >= 0.3 is 0 Å². The second-order valence-electron chi connectivity index (χ2n) is 7.41. The molecule has 0 bridgehead atoms. The van der Waals surface area contributed by atoms with Crippen molar-refractivity contribution in [1.82, 2.24) is 0 Å². The van der Waals surface area contributed by atoms with Crippen LogP contribution >= 0.6 is 0 Å². The predicted octanol–water partition coefficient (Wildman–Crippen LogP) is 3.92. The Morgan fingerprint density at radius 3 is 2.37 bits per heavy atom. The highest BCUT2D eigenvalue weighted by Gasteiger charge is 2.21. The number of anilines is 2. The van der Waals surface area contributed by atoms with Crippen molar-refractivity contribution in [3.63, 3.8) is 0 Å². The summed E-state index contributed by atoms with van der Waals surface area (Å²) in [5.41, 5.74) is 1.74. The lowest BCUT2D eigenvalue weighted by molar-refractivity contribution is -0.116. The van der Waals surface area contributed by atoms with Gasteiger partial charge in [0.1, 0.15) is 5.82 Å². The number of carbonyl (C=O) groups is 1. The molecule has 27 heavy (non-hydrogen) atoms. The standard InChI is InChI=1S/C20H25FN2O3S/c1-20(2,3)17-10-5-6-11-18(17)22-19(24)12-13-23(27(4,25)26)16-9-7-8-15(21)14-16/h5-11,14H,12-13H2,1-4H3,(H,22,24). The Hall–Kier alpha value is -2.41. The smallest absolute Gasteiger partial charge is 0.232 e. The molecule has 0 radical (unpaired) electrons. The molecule has 0 fully saturated rings. The molecule has 7 heteroatoms. The van der Waals surface area contributed by atoms with Crippen LogP contribution in [-0.4, -0.2) is 27.1 Å². The van der Waals surface area contributed by atoms with Crippen molar-refractivity contribution >= 4 is 27.3 Å². The molecule has 0 heterocycles. The third kappa shape index (κ3) is 5.79. The van der Waals surface area contributed by atoms with E-state index in [4.69, 9.17) is 0 Å². The van der Waals surface area contributed by atoms with E-state index in [-0.39, 0.29) is 30.0 Å². The lowest BCUT2D eigenvalue weighted by Gasteiger charge is -2.24. The topological polar surface area (TPSA) is 66.5 Å². The fourth-order valence-electron chi connectivity index (χ4n) is 2.78. The van der Waals surface area contributed by atoms with E-state index < -0.39 is 15.8 Å². The van der Waals surface area contributed by atoms with E-state index in [0.717, 1.165) is 22.2 Å². The number of amides is 1. The zero-order chi connectivity index (χ0) is 20.2. The van der Waals surface area contributed by atoms with Crippen LogP contribution in [0.3, 0.4) is 0 Å². The van der Waals surface area contributed by atoms with Crippen molar-refractivity contribution in [2.75, 3.05) is 22.4 Å². The highest BCUT2D eigenvalue weighted by Crippen LogP contribution is 2.29. The van der Waals surface area contributed by atoms with E-state index in [2.05, 4.69) is 5.32 Å². The highest BCUT2D eigenvalue weighted by atomic mass is 32.2. The zero-order valence-electron chi connectivity index (χ0n) is 16.0. The molecule has 0 saturated heterocycles. The first kappa shape index (κ1) is 20.9. The van der Waals surface area contributed by atoms with E-state index in [1.807, 2.05) is 45.0 Å². The highest BCUT2D eigenvalue weighted by molar-refractivity contribution is 7.92. The van der Waals surface area contributed by atoms with E-state index >= 15 is 0 Å². The number of hydrogen-bond donors (Lipinski definition) is 1. The van der Waals surface area contributed by atoms with Gasteiger partial charge in [-0.3, -0.25) is 9.10 Å². The molecular weight excluding hydrogens is 367 g/mol. The summed E-state index contributed by atoms with van der Waals surface area (Å²) in [6.45, 7) is 6.07. The van der Waals surface area contributed by atoms with Crippen LogP contribution in [0.4, 0.5) is 15.8 Å². The number of benzene rings is 2. The Labute approximate surface area is 160 Å². The van der Waals surface area contributed by atoms with Gasteiger partial charge < -0.3 is 5.32 Å². The van der Waals surface area contributed by atoms with Crippen molar-refractivity contribution in [2.24, 2.45) is 0 Å². The van der Waals surface area contributed by atoms with Gasteiger partial charge in [-0.1, -0.05) is 45.0 Å². The zero-order valence-corrected chi connectivity index (χ0v) is 16.8. The minimum atomic E-state index is -3.65. The van der Waals surface area contributed by atoms with Crippen LogP contribution in [0.1, 0.15) is 32.8 Å². The van der Waals surface area contributed by atoms with E-state index in [9.17, 15) is 17.6 Å². The molecule has 0 aromatic heterocycles. The summed E-state index contributed by atoms with van der Waals surface area (Å²) < 4.78 is 38.6. The molecule has 2 rings (SSSR count). The normalized spacial score (nSPS) is 11.9. The number of rotatable bonds is 6. The summed E-state index contributed by atoms with van der Waals surface area (Å²) in [5, 5.41) is 2.85. The molecule has 0 unspecified atom stereocenters. The molecule has 5 nitrogen and oxygen atoms in total. The van der Waals surface area contributed by atoms with Gasteiger partial charge in [-0.15, -0.1) is 0 Å². The molecule has 0 aliphatic heterocycles. The first-order valence-corrected chi connectivity index (χ1v) is 10.5. The molecule has 0 saturated carbocycles. The summed E-state index contributed by atoms with van der Waals surface area (Å²) in [6.07, 6.45) is 0.979. The first-order chi connectivity index (χ1) is 12.5. The molecule has 2 aromatic carbocycles. The average molecular weight is 392 g/mol. The van der Waals surface area contributed by atoms with E-state index in [0.29, 0.717) is 5.69 Å². The maximum Gasteiger partial charge on any atom is 0.232 e. The molecule has 1 amide bonds. The fraction of sp³-hybridized carbons (Fsp3) is 0.350. The van der Waals surface area contributed by atoms with Crippen LogP contribution < -0.4 is 9.62 Å². The van der Waals surface area contributed by atoms with Gasteiger partial charge in [0.05, 0.1) is 11.9 Å². The monoisotopic (exact) mass is 392 g/mol. The van der Waals surface area contributed by atoms with Crippen LogP contribution in [0.25, 0.3) is 0 Å². The van der Waals surface area contributed by atoms with Crippen molar-refractivity contribution in [2.45, 2.75) is 32.6 Å². The van der Waals surface area contributed by atoms with Gasteiger partial charge in [0, 0.05) is 18.7 Å². The molecular formula is C20H25FN2O3S. The van der Waals surface area contributed by atoms with Crippen LogP contribution in [0.5, 0.6) is 0 Å². The lowest BCUT2D eigenvalue weighted by Crippen LogP contribution is -2.33. The molecule has 0 atom stereocenters. The van der Waals surface area contributed by atoms with Gasteiger partial charge in [0.2, 0.25) is 15.9 Å². The van der Waals surface area contributed by atoms with E-state index in [1.54, 1.807) is 0 Å². The number of nitrogens with one attached hydrogen (secondary N) is 1. The summed E-state index contributed by atoms with van der Waals surface area (Å²) in [4.78, 5) is 12.4. The average Bonchev–Trinajstić information content (AvgIpc) is 2.53. The third-order valence-electron chi connectivity index (χ3n) is 4.05. The van der Waals surface area contributed by atoms with Crippen molar-refractivity contribution < 1.29 is 17.6 Å². The van der Waals surface area contributed by atoms with Crippen molar-refractivity contribution in [3.05, 3.63) is 59.9 Å². The molecule has 0 aliphatic carbocycles. The van der Waals surface area contributed by atoms with Crippen LogP contribution in [0.15, 0.2) is 48.5 Å². The van der Waals surface area contributed by atoms with E-state index in [1.165, 1.54) is 18.2 Å². The quantitative estimate of drug-likeness (QED) is 0.810. The molecule has 1 N–H and O–H groups in total. The minimum absolute atomic E-state index is 0.0535. The minimum Gasteiger partial charge on any atom is -0.326 e. The Kier molecular flexibility index (Phi) is 6.26. The van der Waals surface area contributed by atoms with Gasteiger partial charge in [0.15, 0.2) is 0 Å². The van der Waals surface area contributed by atoms with Gasteiger partial charge in [-0.05, 0) is 35.2 Å². The number of halogens is 1. The fourth-order valence-corrected chi connectivity index (χ4v) is 3.70. The Bertz CT molecular complexity index is 921. The predicted molar refractivity (Wildman–Crippen MR) is 107 cm³/mol. The lowest BCUT2D eigenvalue weighted by atomic mass is 9.86. The van der Waals surface area contributed by atoms with Gasteiger partial charge in [0.25, 0.3) is 0 Å². The largest absolute Gasteiger partial charge is 0.326 e. The maximum atomic E-state index is 13.5. The molecule has 146 valence electrons. The van der Waals surface area contributed by atoms with Gasteiger partial charge in [-0.2, -0.15) is 0 Å². The number of carbonyl (C=O) groups excluding carboxylic acids is 1. The Morgan fingerprint density at radius 1 is 1.11 bits per heavy atom. The number of hydrogen-bond acceptors (Lipinski definition) is 3. The Balaban J connectivity index is 2.14. The second kappa shape index (κ2) is 8.08. The van der Waals surface area contributed by atoms with Crippen molar-refractivity contribution in [1.29, 1.82) is 0 Å². The number of para-hydroxylation sites is 1. The maximum absolute atomic E-state index is 13.5. The number of nitrogens with zero attached hydrogens (tertiary/aromatic N) is 1. The van der Waals surface area contributed by atoms with Crippen LogP contribution in [0, 0.1) is 5.82 Å². The summed E-state index contributed by atoms with van der Waals surface area (Å²) in [5.74, 6) is -0.846. The Morgan fingerprint density at radius 2 is 1.78 bits per heavy atom. The summed E-state index contributed by atoms with van der Waals surface area (Å²) in [7, 11) is -3.65. The summed E-state index contributed by atoms with van der Waals surface area (Å²) >= 11 is 0. The summed E-state index contributed by atoms with van der Waals surface area (Å²) in [6, 6.07) is 12.8. The number of sulfonamides is 1. The van der Waals surface area contributed by atoms with Crippen molar-refractivity contribution in [3.8, 4) is 0 Å². The molecule has 2 aromatic rings. The SMILES string of the molecule is CC(C)(C)c1ccccc1NC(=O)CCN(c1cccc(F)c1)S(C)(=O)=O. The second-order valence-corrected chi connectivity index (χ2v) is 9.32. The first-order valence-electron chi connectivity index (χ1n) is 8.61.